The van der Waals surface area contributed by atoms with Crippen molar-refractivity contribution >= 4 is 29.4 Å². The van der Waals surface area contributed by atoms with Crippen molar-refractivity contribution in [3.8, 4) is 0 Å². The number of amides is 2. The lowest BCUT2D eigenvalue weighted by Crippen LogP contribution is -2.26. The van der Waals surface area contributed by atoms with Gasteiger partial charge in [-0.15, -0.1) is 0 Å². The van der Waals surface area contributed by atoms with E-state index in [-0.39, 0.29) is 17.9 Å². The van der Waals surface area contributed by atoms with Gasteiger partial charge in [0.05, 0.1) is 25.0 Å². The van der Waals surface area contributed by atoms with Crippen molar-refractivity contribution in [2.75, 3.05) is 19.0 Å². The van der Waals surface area contributed by atoms with Gasteiger partial charge in [0.2, 0.25) is 0 Å². The molecule has 0 aromatic heterocycles. The number of nitrogens with zero attached hydrogens (tertiary/aromatic N) is 1. The normalized spacial score (nSPS) is 11.5. The molecule has 8 nitrogen and oxygen atoms in total. The van der Waals surface area contributed by atoms with E-state index in [1.807, 2.05) is 6.07 Å². The second kappa shape index (κ2) is 9.78. The quantitative estimate of drug-likeness (QED) is 0.358. The van der Waals surface area contributed by atoms with Crippen molar-refractivity contribution in [2.45, 2.75) is 13.8 Å². The number of ether oxygens (including phenoxy) is 2. The third-order valence-electron chi connectivity index (χ3n) is 2.71. The van der Waals surface area contributed by atoms with Crippen LogP contribution in [-0.4, -0.2) is 37.4 Å². The van der Waals surface area contributed by atoms with E-state index in [1.165, 1.54) is 14.0 Å². The summed E-state index contributed by atoms with van der Waals surface area (Å²) in [6.07, 6.45) is 0.952. The molecule has 0 bridgehead atoms. The Morgan fingerprint density at radius 1 is 1.21 bits per heavy atom. The zero-order valence-electron chi connectivity index (χ0n) is 13.7. The van der Waals surface area contributed by atoms with Crippen LogP contribution in [0, 0.1) is 0 Å². The summed E-state index contributed by atoms with van der Waals surface area (Å²) in [6.45, 7) is 3.22. The molecule has 128 valence electrons. The monoisotopic (exact) mass is 333 g/mol. The maximum Gasteiger partial charge on any atom is 0.340 e. The third kappa shape index (κ3) is 6.30. The average Bonchev–Trinajstić information content (AvgIpc) is 2.58. The fourth-order valence-corrected chi connectivity index (χ4v) is 1.57. The average molecular weight is 333 g/mol. The zero-order chi connectivity index (χ0) is 17.9. The van der Waals surface area contributed by atoms with Crippen molar-refractivity contribution in [3.05, 3.63) is 42.0 Å². The summed E-state index contributed by atoms with van der Waals surface area (Å²) in [6, 6.07) is 8.16. The highest BCUT2D eigenvalue weighted by atomic mass is 16.5. The van der Waals surface area contributed by atoms with Crippen molar-refractivity contribution in [1.82, 2.24) is 5.43 Å². The number of anilines is 1. The molecule has 0 spiro atoms. The maximum atomic E-state index is 11.9. The Hall–Kier alpha value is -3.16. The maximum absolute atomic E-state index is 11.9. The van der Waals surface area contributed by atoms with Crippen LogP contribution < -0.4 is 10.7 Å². The van der Waals surface area contributed by atoms with Gasteiger partial charge in [0.25, 0.3) is 0 Å². The molecule has 0 aliphatic heterocycles. The molecule has 0 aliphatic carbocycles. The van der Waals surface area contributed by atoms with E-state index in [0.717, 1.165) is 6.08 Å². The molecular weight excluding hydrogens is 314 g/mol. The van der Waals surface area contributed by atoms with Gasteiger partial charge in [0.1, 0.15) is 0 Å². The number of para-hydroxylation sites is 1. The van der Waals surface area contributed by atoms with Crippen LogP contribution in [0.15, 0.2) is 47.1 Å². The standard InChI is InChI=1S/C16H19N3O5/c1-4-24-15(21)13(10-14(20)23-3)11(2)18-19-16(22)17-12-8-6-5-7-9-12/h5-10H,4H2,1-3H3,(H2,17,19,22)/b13-10+,18-11+. The molecule has 0 fully saturated rings. The molecule has 2 N–H and O–H groups in total. The highest BCUT2D eigenvalue weighted by Crippen LogP contribution is 2.05. The van der Waals surface area contributed by atoms with Gasteiger partial charge in [-0.1, -0.05) is 18.2 Å². The number of methoxy groups -OCH3 is 1. The Balaban J connectivity index is 2.81. The van der Waals surface area contributed by atoms with Crippen LogP contribution in [0.1, 0.15) is 13.8 Å². The number of nitrogens with one attached hydrogen (secondary N) is 2. The van der Waals surface area contributed by atoms with Gasteiger partial charge in [-0.05, 0) is 26.0 Å². The minimum Gasteiger partial charge on any atom is -0.466 e. The Labute approximate surface area is 139 Å². The number of esters is 2. The minimum absolute atomic E-state index is 0.0991. The molecule has 0 saturated heterocycles. The Bertz CT molecular complexity index is 653. The molecule has 0 heterocycles. The number of urea groups is 1. The fourth-order valence-electron chi connectivity index (χ4n) is 1.57. The van der Waals surface area contributed by atoms with E-state index in [2.05, 4.69) is 20.6 Å². The molecule has 1 rings (SSSR count). The Morgan fingerprint density at radius 2 is 1.88 bits per heavy atom. The third-order valence-corrected chi connectivity index (χ3v) is 2.71. The molecule has 0 aliphatic rings. The lowest BCUT2D eigenvalue weighted by atomic mass is 10.1. The molecule has 24 heavy (non-hydrogen) atoms. The highest BCUT2D eigenvalue weighted by molar-refractivity contribution is 6.21. The molecule has 1 aromatic rings. The SMILES string of the molecule is CCOC(=O)C(=C/C(=O)OC)/C(C)=N/NC(=O)Nc1ccccc1. The smallest absolute Gasteiger partial charge is 0.340 e. The summed E-state index contributed by atoms with van der Waals surface area (Å²) in [5.74, 6) is -1.48. The second-order valence-corrected chi connectivity index (χ2v) is 4.43. The van der Waals surface area contributed by atoms with E-state index in [4.69, 9.17) is 4.74 Å². The van der Waals surface area contributed by atoms with Crippen molar-refractivity contribution in [2.24, 2.45) is 5.10 Å². The molecule has 0 radical (unpaired) electrons. The van der Waals surface area contributed by atoms with Crippen LogP contribution in [0.5, 0.6) is 0 Å². The molecular formula is C16H19N3O5. The lowest BCUT2D eigenvalue weighted by Gasteiger charge is -2.08. The van der Waals surface area contributed by atoms with E-state index >= 15 is 0 Å². The lowest BCUT2D eigenvalue weighted by molar-refractivity contribution is -0.139. The number of benzene rings is 1. The number of carbonyl (C=O) groups is 3. The summed E-state index contributed by atoms with van der Waals surface area (Å²) in [7, 11) is 1.18. The molecule has 0 atom stereocenters. The summed E-state index contributed by atoms with van der Waals surface area (Å²) in [5.41, 5.74) is 2.81. The van der Waals surface area contributed by atoms with Crippen LogP contribution >= 0.6 is 0 Å². The fraction of sp³-hybridized carbons (Fsp3) is 0.250. The van der Waals surface area contributed by atoms with Crippen LogP contribution in [0.4, 0.5) is 10.5 Å². The number of hydrazone groups is 1. The van der Waals surface area contributed by atoms with Gasteiger partial charge in [0.15, 0.2) is 0 Å². The summed E-state index contributed by atoms with van der Waals surface area (Å²) >= 11 is 0. The van der Waals surface area contributed by atoms with Crippen molar-refractivity contribution < 1.29 is 23.9 Å². The molecule has 2 amide bonds. The van der Waals surface area contributed by atoms with Crippen molar-refractivity contribution in [3.63, 3.8) is 0 Å². The number of hydrogen-bond donors (Lipinski definition) is 2. The van der Waals surface area contributed by atoms with E-state index in [1.54, 1.807) is 31.2 Å². The summed E-state index contributed by atoms with van der Waals surface area (Å²) in [4.78, 5) is 35.0. The molecule has 0 saturated carbocycles. The van der Waals surface area contributed by atoms with Gasteiger partial charge in [-0.2, -0.15) is 5.10 Å². The van der Waals surface area contributed by atoms with Gasteiger partial charge in [-0.3, -0.25) is 0 Å². The van der Waals surface area contributed by atoms with Crippen LogP contribution in [0.2, 0.25) is 0 Å². The first-order chi connectivity index (χ1) is 11.5. The molecule has 0 unspecified atom stereocenters. The Morgan fingerprint density at radius 3 is 2.46 bits per heavy atom. The second-order valence-electron chi connectivity index (χ2n) is 4.43. The predicted molar refractivity (Wildman–Crippen MR) is 88.4 cm³/mol. The molecule has 8 heteroatoms. The largest absolute Gasteiger partial charge is 0.466 e. The first-order valence-electron chi connectivity index (χ1n) is 7.11. The van der Waals surface area contributed by atoms with Gasteiger partial charge >= 0.3 is 18.0 Å². The first-order valence-corrected chi connectivity index (χ1v) is 7.11. The van der Waals surface area contributed by atoms with Crippen LogP contribution in [0.3, 0.4) is 0 Å². The van der Waals surface area contributed by atoms with E-state index in [0.29, 0.717) is 5.69 Å². The van der Waals surface area contributed by atoms with E-state index in [9.17, 15) is 14.4 Å². The van der Waals surface area contributed by atoms with Crippen LogP contribution in [0.25, 0.3) is 0 Å². The summed E-state index contributed by atoms with van der Waals surface area (Å²) in [5, 5.41) is 6.35. The van der Waals surface area contributed by atoms with Crippen molar-refractivity contribution in [1.29, 1.82) is 0 Å². The van der Waals surface area contributed by atoms with Crippen LogP contribution in [-0.2, 0) is 19.1 Å². The van der Waals surface area contributed by atoms with E-state index < -0.39 is 18.0 Å². The van der Waals surface area contributed by atoms with Gasteiger partial charge < -0.3 is 14.8 Å². The minimum atomic E-state index is -0.741. The highest BCUT2D eigenvalue weighted by Gasteiger charge is 2.17. The topological polar surface area (TPSA) is 106 Å². The zero-order valence-corrected chi connectivity index (χ0v) is 13.7. The predicted octanol–water partition coefficient (Wildman–Crippen LogP) is 1.85. The number of rotatable bonds is 6. The first kappa shape index (κ1) is 18.9. The number of hydrogen-bond acceptors (Lipinski definition) is 6. The summed E-state index contributed by atoms with van der Waals surface area (Å²) < 4.78 is 9.33. The Kier molecular flexibility index (Phi) is 7.69. The number of carbonyl (C=O) groups excluding carboxylic acids is 3. The van der Waals surface area contributed by atoms with Gasteiger partial charge in [0, 0.05) is 11.8 Å². The van der Waals surface area contributed by atoms with Gasteiger partial charge in [-0.25, -0.2) is 19.8 Å². The molecule has 1 aromatic carbocycles.